The van der Waals surface area contributed by atoms with E-state index in [1.807, 2.05) is 30.3 Å². The number of nitrogens with two attached hydrogens (primary N) is 1. The molecule has 0 radical (unpaired) electrons. The van der Waals surface area contributed by atoms with Gasteiger partial charge in [0, 0.05) is 5.75 Å². The second-order valence-corrected chi connectivity index (χ2v) is 5.35. The van der Waals surface area contributed by atoms with Gasteiger partial charge in [0.2, 0.25) is 0 Å². The van der Waals surface area contributed by atoms with Gasteiger partial charge in [-0.25, -0.2) is 4.79 Å². The summed E-state index contributed by atoms with van der Waals surface area (Å²) in [6, 6.07) is 16.3. The highest BCUT2D eigenvalue weighted by Crippen LogP contribution is 2.13. The molecule has 4 N–H and O–H groups in total. The van der Waals surface area contributed by atoms with E-state index in [0.717, 1.165) is 5.75 Å². The maximum absolute atomic E-state index is 10.3. The third-order valence-corrected chi connectivity index (χ3v) is 3.46. The highest BCUT2D eigenvalue weighted by molar-refractivity contribution is 8.13. The SMILES string of the molecule is N=C(N)SCc1ccccc1.O=C(O)c1ccccc1Cl. The fourth-order valence-electron chi connectivity index (χ4n) is 1.37. The Morgan fingerprint density at radius 1 is 1.14 bits per heavy atom. The van der Waals surface area contributed by atoms with Crippen LogP contribution in [0.15, 0.2) is 54.6 Å². The number of halogens is 1. The van der Waals surface area contributed by atoms with Gasteiger partial charge in [-0.3, -0.25) is 5.41 Å². The summed E-state index contributed by atoms with van der Waals surface area (Å²) in [6.07, 6.45) is 0. The van der Waals surface area contributed by atoms with Crippen molar-refractivity contribution in [3.05, 3.63) is 70.7 Å². The molecule has 0 atom stereocenters. The molecule has 0 aliphatic carbocycles. The summed E-state index contributed by atoms with van der Waals surface area (Å²) >= 11 is 6.88. The molecule has 2 aromatic rings. The number of nitrogens with one attached hydrogen (secondary N) is 1. The fraction of sp³-hybridized carbons (Fsp3) is 0.0667. The van der Waals surface area contributed by atoms with E-state index >= 15 is 0 Å². The Bertz CT molecular complexity index is 606. The average Bonchev–Trinajstić information content (AvgIpc) is 2.47. The van der Waals surface area contributed by atoms with E-state index in [1.54, 1.807) is 18.2 Å². The molecule has 0 aliphatic rings. The number of benzene rings is 2. The lowest BCUT2D eigenvalue weighted by molar-refractivity contribution is 0.0697. The fourth-order valence-corrected chi connectivity index (χ4v) is 2.10. The van der Waals surface area contributed by atoms with E-state index in [-0.39, 0.29) is 15.8 Å². The van der Waals surface area contributed by atoms with Gasteiger partial charge >= 0.3 is 5.97 Å². The van der Waals surface area contributed by atoms with Crippen LogP contribution in [0.4, 0.5) is 0 Å². The summed E-state index contributed by atoms with van der Waals surface area (Å²) in [7, 11) is 0. The predicted octanol–water partition coefficient (Wildman–Crippen LogP) is 3.85. The first-order valence-corrected chi connectivity index (χ1v) is 7.35. The van der Waals surface area contributed by atoms with Crippen molar-refractivity contribution in [1.29, 1.82) is 5.41 Å². The Morgan fingerprint density at radius 2 is 1.71 bits per heavy atom. The van der Waals surface area contributed by atoms with Crippen LogP contribution in [0, 0.1) is 5.41 Å². The second kappa shape index (κ2) is 9.05. The van der Waals surface area contributed by atoms with Crippen molar-refractivity contribution in [2.45, 2.75) is 5.75 Å². The molecule has 2 aromatic carbocycles. The number of carboxylic acid groups (broad SMARTS) is 1. The van der Waals surface area contributed by atoms with Crippen LogP contribution in [0.25, 0.3) is 0 Å². The predicted molar refractivity (Wildman–Crippen MR) is 88.1 cm³/mol. The molecule has 2 rings (SSSR count). The highest BCUT2D eigenvalue weighted by atomic mass is 35.5. The molecule has 0 aromatic heterocycles. The van der Waals surface area contributed by atoms with Gasteiger partial charge < -0.3 is 10.8 Å². The van der Waals surface area contributed by atoms with E-state index < -0.39 is 5.97 Å². The zero-order valence-electron chi connectivity index (χ0n) is 11.1. The Labute approximate surface area is 132 Å². The monoisotopic (exact) mass is 322 g/mol. The quantitative estimate of drug-likeness (QED) is 0.591. The summed E-state index contributed by atoms with van der Waals surface area (Å²) in [5.74, 6) is -0.207. The number of hydrogen-bond acceptors (Lipinski definition) is 3. The smallest absolute Gasteiger partial charge is 0.337 e. The first kappa shape index (κ1) is 17.1. The summed E-state index contributed by atoms with van der Waals surface area (Å²) in [4.78, 5) is 10.3. The molecular weight excluding hydrogens is 308 g/mol. The lowest BCUT2D eigenvalue weighted by atomic mass is 10.2. The summed E-state index contributed by atoms with van der Waals surface area (Å²) < 4.78 is 0. The van der Waals surface area contributed by atoms with Crippen molar-refractivity contribution in [2.75, 3.05) is 0 Å². The van der Waals surface area contributed by atoms with Crippen LogP contribution in [-0.2, 0) is 5.75 Å². The van der Waals surface area contributed by atoms with Crippen LogP contribution in [0.2, 0.25) is 5.02 Å². The van der Waals surface area contributed by atoms with Gasteiger partial charge in [0.05, 0.1) is 10.6 Å². The van der Waals surface area contributed by atoms with Gasteiger partial charge in [0.15, 0.2) is 5.17 Å². The van der Waals surface area contributed by atoms with Crippen molar-refractivity contribution in [3.8, 4) is 0 Å². The minimum absolute atomic E-state index is 0.143. The summed E-state index contributed by atoms with van der Waals surface area (Å²) in [5.41, 5.74) is 6.53. The zero-order chi connectivity index (χ0) is 15.7. The molecule has 0 heterocycles. The van der Waals surface area contributed by atoms with E-state index in [0.29, 0.717) is 0 Å². The van der Waals surface area contributed by atoms with Crippen LogP contribution in [0.5, 0.6) is 0 Å². The minimum atomic E-state index is -0.995. The van der Waals surface area contributed by atoms with Crippen LogP contribution >= 0.6 is 23.4 Å². The van der Waals surface area contributed by atoms with E-state index in [2.05, 4.69) is 0 Å². The summed E-state index contributed by atoms with van der Waals surface area (Å²) in [5, 5.41) is 15.9. The lowest BCUT2D eigenvalue weighted by Gasteiger charge is -1.97. The zero-order valence-corrected chi connectivity index (χ0v) is 12.7. The van der Waals surface area contributed by atoms with E-state index in [1.165, 1.54) is 23.4 Å². The first-order valence-electron chi connectivity index (χ1n) is 5.99. The Kier molecular flexibility index (Phi) is 7.36. The van der Waals surface area contributed by atoms with Crippen LogP contribution in [0.1, 0.15) is 15.9 Å². The number of aromatic carboxylic acids is 1. The molecule has 0 saturated heterocycles. The van der Waals surface area contributed by atoms with Crippen molar-refractivity contribution in [2.24, 2.45) is 5.73 Å². The number of thioether (sulfide) groups is 1. The van der Waals surface area contributed by atoms with Crippen molar-refractivity contribution in [1.82, 2.24) is 0 Å². The van der Waals surface area contributed by atoms with Gasteiger partial charge in [-0.2, -0.15) is 0 Å². The first-order chi connectivity index (χ1) is 10.0. The molecule has 21 heavy (non-hydrogen) atoms. The van der Waals surface area contributed by atoms with Crippen molar-refractivity contribution >= 4 is 34.5 Å². The molecule has 0 aliphatic heterocycles. The molecule has 4 nitrogen and oxygen atoms in total. The molecule has 0 unspecified atom stereocenters. The maximum Gasteiger partial charge on any atom is 0.337 e. The van der Waals surface area contributed by atoms with E-state index in [9.17, 15) is 4.79 Å². The standard InChI is InChI=1S/C8H10N2S.C7H5ClO2/c9-8(10)11-6-7-4-2-1-3-5-7;8-6-4-2-1-3-5(6)7(9)10/h1-5H,6H2,(H3,9,10);1-4H,(H,9,10). The second-order valence-electron chi connectivity index (χ2n) is 3.92. The van der Waals surface area contributed by atoms with Crippen molar-refractivity contribution in [3.63, 3.8) is 0 Å². The third-order valence-electron chi connectivity index (χ3n) is 2.34. The van der Waals surface area contributed by atoms with Crippen molar-refractivity contribution < 1.29 is 9.90 Å². The Balaban J connectivity index is 0.000000211. The molecule has 6 heteroatoms. The van der Waals surface area contributed by atoms with Gasteiger partial charge in [0.25, 0.3) is 0 Å². The number of amidine groups is 1. The van der Waals surface area contributed by atoms with E-state index in [4.69, 9.17) is 27.9 Å². The largest absolute Gasteiger partial charge is 0.478 e. The number of carbonyl (C=O) groups is 1. The van der Waals surface area contributed by atoms with Gasteiger partial charge in [-0.05, 0) is 17.7 Å². The Morgan fingerprint density at radius 3 is 2.19 bits per heavy atom. The molecule has 0 saturated carbocycles. The molecule has 110 valence electrons. The highest BCUT2D eigenvalue weighted by Gasteiger charge is 2.04. The topological polar surface area (TPSA) is 87.2 Å². The lowest BCUT2D eigenvalue weighted by Crippen LogP contribution is -2.03. The number of rotatable bonds is 3. The van der Waals surface area contributed by atoms with Gasteiger partial charge in [0.1, 0.15) is 0 Å². The number of carboxylic acids is 1. The normalized spacial score (nSPS) is 9.38. The molecule has 0 fully saturated rings. The maximum atomic E-state index is 10.3. The van der Waals surface area contributed by atoms with Crippen LogP contribution < -0.4 is 5.73 Å². The van der Waals surface area contributed by atoms with Gasteiger partial charge in [-0.15, -0.1) is 0 Å². The number of hydrogen-bond donors (Lipinski definition) is 3. The van der Waals surface area contributed by atoms with Crippen LogP contribution in [0.3, 0.4) is 0 Å². The molecule has 0 amide bonds. The Hall–Kier alpha value is -1.98. The van der Waals surface area contributed by atoms with Gasteiger partial charge in [-0.1, -0.05) is 65.8 Å². The average molecular weight is 323 g/mol. The minimum Gasteiger partial charge on any atom is -0.478 e. The summed E-state index contributed by atoms with van der Waals surface area (Å²) in [6.45, 7) is 0. The molecule has 0 spiro atoms. The molecule has 0 bridgehead atoms. The molecular formula is C15H15ClN2O2S. The van der Waals surface area contributed by atoms with Crippen LogP contribution in [-0.4, -0.2) is 16.2 Å². The third kappa shape index (κ3) is 6.83.